The lowest BCUT2D eigenvalue weighted by atomic mass is 10.1. The summed E-state index contributed by atoms with van der Waals surface area (Å²) in [5, 5.41) is 10.0. The van der Waals surface area contributed by atoms with Crippen molar-refractivity contribution >= 4 is 5.65 Å². The first-order chi connectivity index (χ1) is 12.5. The van der Waals surface area contributed by atoms with Crippen LogP contribution in [0.15, 0.2) is 48.7 Å². The highest BCUT2D eigenvalue weighted by Crippen LogP contribution is 2.24. The van der Waals surface area contributed by atoms with Crippen LogP contribution in [0.4, 0.5) is 0 Å². The molecule has 0 saturated heterocycles. The van der Waals surface area contributed by atoms with Gasteiger partial charge < -0.3 is 9.84 Å². The highest BCUT2D eigenvalue weighted by Gasteiger charge is 2.14. The van der Waals surface area contributed by atoms with E-state index in [0.29, 0.717) is 6.61 Å². The highest BCUT2D eigenvalue weighted by molar-refractivity contribution is 5.70. The van der Waals surface area contributed by atoms with Gasteiger partial charge in [-0.15, -0.1) is 0 Å². The quantitative estimate of drug-likeness (QED) is 0.727. The third-order valence-electron chi connectivity index (χ3n) is 3.60. The minimum atomic E-state index is -1.09. The molecule has 0 bridgehead atoms. The number of hydrogen-bond acceptors (Lipinski definition) is 3. The van der Waals surface area contributed by atoms with Gasteiger partial charge in [0, 0.05) is 24.4 Å². The number of methoxy groups -OCH3 is 1. The van der Waals surface area contributed by atoms with E-state index in [1.54, 1.807) is 21.0 Å². The molecule has 1 aromatic carbocycles. The molecule has 0 aliphatic heterocycles. The largest absolute Gasteiger partial charge is 0.378 e. The molecular weight excluding hydrogens is 324 g/mol. The van der Waals surface area contributed by atoms with Gasteiger partial charge in [-0.3, -0.25) is 4.40 Å². The summed E-state index contributed by atoms with van der Waals surface area (Å²) in [7, 11) is 1.62. The van der Waals surface area contributed by atoms with E-state index in [-0.39, 0.29) is 0 Å². The molecule has 0 unspecified atom stereocenters. The number of ether oxygens (including phenoxy) is 1. The third kappa shape index (κ3) is 4.13. The van der Waals surface area contributed by atoms with E-state index >= 15 is 0 Å². The van der Waals surface area contributed by atoms with Crippen molar-refractivity contribution < 1.29 is 9.84 Å². The number of hydrogen-bond donors (Lipinski definition) is 1. The Hall–Kier alpha value is -3.05. The zero-order valence-electron chi connectivity index (χ0n) is 15.1. The fourth-order valence-electron chi connectivity index (χ4n) is 2.46. The van der Waals surface area contributed by atoms with E-state index in [0.717, 1.165) is 28.2 Å². The zero-order valence-corrected chi connectivity index (χ0v) is 15.1. The number of imidazole rings is 1. The number of aromatic nitrogens is 2. The summed E-state index contributed by atoms with van der Waals surface area (Å²) in [6.07, 6.45) is 1.91. The van der Waals surface area contributed by atoms with Crippen molar-refractivity contribution in [2.24, 2.45) is 0 Å². The molecular formula is C22H20N2O2. The molecule has 0 saturated carbocycles. The number of nitrogens with zero attached hydrogens (tertiary/aromatic N) is 2. The molecule has 0 fully saturated rings. The monoisotopic (exact) mass is 344 g/mol. The Bertz CT molecular complexity index is 1040. The summed E-state index contributed by atoms with van der Waals surface area (Å²) in [5.74, 6) is 12.0. The predicted octanol–water partition coefficient (Wildman–Crippen LogP) is 3.12. The fraction of sp³-hybridized carbons (Fsp3) is 0.227. The molecule has 3 rings (SSSR count). The van der Waals surface area contributed by atoms with Crippen LogP contribution < -0.4 is 0 Å². The Morgan fingerprint density at radius 1 is 1.12 bits per heavy atom. The summed E-state index contributed by atoms with van der Waals surface area (Å²) < 4.78 is 6.88. The van der Waals surface area contributed by atoms with Crippen LogP contribution in [-0.4, -0.2) is 33.8 Å². The smallest absolute Gasteiger partial charge is 0.138 e. The molecule has 0 atom stereocenters. The lowest BCUT2D eigenvalue weighted by Gasteiger charge is -2.06. The maximum Gasteiger partial charge on any atom is 0.138 e. The first-order valence-corrected chi connectivity index (χ1v) is 8.29. The van der Waals surface area contributed by atoms with E-state index in [1.165, 1.54) is 0 Å². The van der Waals surface area contributed by atoms with Gasteiger partial charge in [0.1, 0.15) is 29.2 Å². The maximum absolute atomic E-state index is 10.0. The van der Waals surface area contributed by atoms with Crippen LogP contribution in [0.25, 0.3) is 16.9 Å². The zero-order chi connectivity index (χ0) is 18.6. The van der Waals surface area contributed by atoms with Gasteiger partial charge in [0.05, 0.1) is 0 Å². The van der Waals surface area contributed by atoms with Crippen molar-refractivity contribution in [3.8, 4) is 34.9 Å². The molecule has 4 heteroatoms. The van der Waals surface area contributed by atoms with Crippen LogP contribution in [0, 0.1) is 23.7 Å². The molecule has 130 valence electrons. The first-order valence-electron chi connectivity index (χ1n) is 8.29. The fourth-order valence-corrected chi connectivity index (χ4v) is 2.46. The van der Waals surface area contributed by atoms with Gasteiger partial charge >= 0.3 is 0 Å². The van der Waals surface area contributed by atoms with Crippen molar-refractivity contribution in [2.45, 2.75) is 19.4 Å². The van der Waals surface area contributed by atoms with Crippen molar-refractivity contribution in [1.29, 1.82) is 0 Å². The summed E-state index contributed by atoms with van der Waals surface area (Å²) in [6, 6.07) is 13.7. The van der Waals surface area contributed by atoms with Crippen LogP contribution >= 0.6 is 0 Å². The van der Waals surface area contributed by atoms with E-state index in [1.807, 2.05) is 53.1 Å². The van der Waals surface area contributed by atoms with Crippen LogP contribution in [0.3, 0.4) is 0 Å². The standard InChI is InChI=1S/C22H20N2O2/c1-22(2,25)14-13-19-21(18-9-5-4-6-10-18)23-20-12-11-17(16-24(19)20)8-7-15-26-3/h4-6,9-12,16,25H,15H2,1-3H3. The molecule has 2 aromatic heterocycles. The van der Waals surface area contributed by atoms with Crippen LogP contribution in [0.1, 0.15) is 25.1 Å². The molecule has 0 radical (unpaired) electrons. The number of aliphatic hydroxyl groups is 1. The third-order valence-corrected chi connectivity index (χ3v) is 3.60. The van der Waals surface area contributed by atoms with Crippen LogP contribution in [-0.2, 0) is 4.74 Å². The second-order valence-electron chi connectivity index (χ2n) is 6.36. The Labute approximate surface area is 153 Å². The Balaban J connectivity index is 2.20. The number of fused-ring (bicyclic) bond motifs is 1. The van der Waals surface area contributed by atoms with Crippen molar-refractivity contribution in [3.05, 3.63) is 59.9 Å². The molecule has 0 spiro atoms. The number of pyridine rings is 1. The van der Waals surface area contributed by atoms with Gasteiger partial charge in [-0.05, 0) is 31.9 Å². The first kappa shape index (κ1) is 17.8. The molecule has 0 aliphatic rings. The molecule has 0 amide bonds. The van der Waals surface area contributed by atoms with Gasteiger partial charge in [-0.2, -0.15) is 0 Å². The van der Waals surface area contributed by atoms with Crippen molar-refractivity contribution in [3.63, 3.8) is 0 Å². The van der Waals surface area contributed by atoms with Gasteiger partial charge in [0.2, 0.25) is 0 Å². The van der Waals surface area contributed by atoms with E-state index < -0.39 is 5.60 Å². The van der Waals surface area contributed by atoms with Gasteiger partial charge in [-0.25, -0.2) is 4.98 Å². The summed E-state index contributed by atoms with van der Waals surface area (Å²) in [6.45, 7) is 3.70. The van der Waals surface area contributed by atoms with Gasteiger partial charge in [0.25, 0.3) is 0 Å². The molecule has 3 aromatic rings. The van der Waals surface area contributed by atoms with Crippen LogP contribution in [0.2, 0.25) is 0 Å². The van der Waals surface area contributed by atoms with Crippen LogP contribution in [0.5, 0.6) is 0 Å². The minimum absolute atomic E-state index is 0.378. The molecule has 2 heterocycles. The second-order valence-corrected chi connectivity index (χ2v) is 6.36. The highest BCUT2D eigenvalue weighted by atomic mass is 16.5. The molecule has 1 N–H and O–H groups in total. The topological polar surface area (TPSA) is 46.8 Å². The second kappa shape index (κ2) is 7.45. The molecule has 0 aliphatic carbocycles. The average Bonchev–Trinajstić information content (AvgIpc) is 2.98. The Kier molecular flexibility index (Phi) is 5.09. The average molecular weight is 344 g/mol. The SMILES string of the molecule is COCC#Cc1ccc2nc(-c3ccccc3)c(C#CC(C)(C)O)n2c1. The number of rotatable bonds is 2. The maximum atomic E-state index is 10.0. The molecule has 4 nitrogen and oxygen atoms in total. The van der Waals surface area contributed by atoms with Gasteiger partial charge in [-0.1, -0.05) is 48.1 Å². The van der Waals surface area contributed by atoms with E-state index in [9.17, 15) is 5.11 Å². The van der Waals surface area contributed by atoms with Gasteiger partial charge in [0.15, 0.2) is 0 Å². The van der Waals surface area contributed by atoms with E-state index in [2.05, 4.69) is 23.7 Å². The normalized spacial score (nSPS) is 10.8. The van der Waals surface area contributed by atoms with Crippen molar-refractivity contribution in [2.75, 3.05) is 13.7 Å². The minimum Gasteiger partial charge on any atom is -0.378 e. The summed E-state index contributed by atoms with van der Waals surface area (Å²) >= 11 is 0. The van der Waals surface area contributed by atoms with Crippen molar-refractivity contribution in [1.82, 2.24) is 9.38 Å². The number of benzene rings is 1. The lowest BCUT2D eigenvalue weighted by Crippen LogP contribution is -2.14. The summed E-state index contributed by atoms with van der Waals surface area (Å²) in [4.78, 5) is 4.73. The Morgan fingerprint density at radius 3 is 2.58 bits per heavy atom. The Morgan fingerprint density at radius 2 is 1.88 bits per heavy atom. The lowest BCUT2D eigenvalue weighted by molar-refractivity contribution is 0.143. The predicted molar refractivity (Wildman–Crippen MR) is 103 cm³/mol. The van der Waals surface area contributed by atoms with E-state index in [4.69, 9.17) is 9.72 Å². The molecule has 26 heavy (non-hydrogen) atoms. The summed E-state index contributed by atoms with van der Waals surface area (Å²) in [5.41, 5.74) is 3.02.